The van der Waals surface area contributed by atoms with E-state index in [0.29, 0.717) is 0 Å². The summed E-state index contributed by atoms with van der Waals surface area (Å²) >= 11 is 0.730. The molecule has 0 fully saturated rings. The fourth-order valence-corrected chi connectivity index (χ4v) is 2.17. The topological polar surface area (TPSA) is 62.3 Å². The third-order valence-electron chi connectivity index (χ3n) is 2.05. The van der Waals surface area contributed by atoms with Gasteiger partial charge in [-0.2, -0.15) is 0 Å². The molecule has 0 aliphatic carbocycles. The average molecular weight is 241 g/mol. The Labute approximate surface area is 93.9 Å². The Kier molecular flexibility index (Phi) is 2.66. The van der Waals surface area contributed by atoms with Gasteiger partial charge in [0, 0.05) is 0 Å². The molecule has 0 saturated heterocycles. The van der Waals surface area contributed by atoms with Gasteiger partial charge in [0.2, 0.25) is 5.88 Å². The minimum absolute atomic E-state index is 0.0888. The highest BCUT2D eigenvalue weighted by Crippen LogP contribution is 2.38. The molecule has 0 atom stereocenters. The van der Waals surface area contributed by atoms with E-state index in [4.69, 9.17) is 4.74 Å². The maximum absolute atomic E-state index is 13.6. The number of ether oxygens (including phenoxy) is 1. The van der Waals surface area contributed by atoms with Crippen LogP contribution in [0.25, 0.3) is 10.4 Å². The van der Waals surface area contributed by atoms with Crippen LogP contribution in [0.2, 0.25) is 0 Å². The molecule has 2 N–H and O–H groups in total. The van der Waals surface area contributed by atoms with Crippen LogP contribution >= 0.6 is 11.3 Å². The zero-order valence-corrected chi connectivity index (χ0v) is 9.10. The van der Waals surface area contributed by atoms with Gasteiger partial charge in [0.1, 0.15) is 16.4 Å². The second-order valence-corrected chi connectivity index (χ2v) is 3.99. The monoisotopic (exact) mass is 241 g/mol. The number of halogens is 1. The predicted octanol–water partition coefficient (Wildman–Crippen LogP) is 1.96. The van der Waals surface area contributed by atoms with Crippen molar-refractivity contribution in [3.8, 4) is 22.1 Å². The molecule has 0 amide bonds. The Morgan fingerprint density at radius 3 is 2.81 bits per heavy atom. The van der Waals surface area contributed by atoms with Crippen LogP contribution in [0, 0.1) is 5.82 Å². The Morgan fingerprint density at radius 1 is 1.50 bits per heavy atom. The number of hydrogen-bond donors (Lipinski definition) is 2. The first-order valence-corrected chi connectivity index (χ1v) is 5.20. The Hall–Kier alpha value is -1.82. The van der Waals surface area contributed by atoms with Gasteiger partial charge in [-0.05, 0) is 12.1 Å². The van der Waals surface area contributed by atoms with Crippen LogP contribution < -0.4 is 9.61 Å². The summed E-state index contributed by atoms with van der Waals surface area (Å²) in [5.74, 6) is -0.631. The van der Waals surface area contributed by atoms with Crippen LogP contribution in [0.1, 0.15) is 0 Å². The molecular weight excluding hydrogens is 233 g/mol. The summed E-state index contributed by atoms with van der Waals surface area (Å²) in [5, 5.41) is 9.46. The molecule has 4 nitrogen and oxygen atoms in total. The molecule has 0 bridgehead atoms. The lowest BCUT2D eigenvalue weighted by Gasteiger charge is -2.07. The minimum Gasteiger partial charge on any atom is -0.496 e. The normalized spacial score (nSPS) is 10.4. The maximum Gasteiger partial charge on any atom is 0.307 e. The summed E-state index contributed by atoms with van der Waals surface area (Å²) in [7, 11) is 1.39. The number of nitrogens with one attached hydrogen (secondary N) is 1. The number of thiazole rings is 1. The molecule has 0 aliphatic rings. The van der Waals surface area contributed by atoms with Gasteiger partial charge in [-0.15, -0.1) is 0 Å². The predicted molar refractivity (Wildman–Crippen MR) is 58.6 cm³/mol. The van der Waals surface area contributed by atoms with E-state index >= 15 is 0 Å². The lowest BCUT2D eigenvalue weighted by molar-refractivity contribution is 0.412. The lowest BCUT2D eigenvalue weighted by Crippen LogP contribution is -1.90. The van der Waals surface area contributed by atoms with E-state index < -0.39 is 10.7 Å². The van der Waals surface area contributed by atoms with E-state index in [0.717, 1.165) is 11.3 Å². The molecular formula is C10H8FNO3S. The summed E-state index contributed by atoms with van der Waals surface area (Å²) in [6.07, 6.45) is 0. The standard InChI is InChI=1S/C10H8FNO3S/c1-15-6-4-2-3-5(11)7(6)8-9(13)12-10(14)16-8/h2-4,13H,1H3,(H,12,14). The molecule has 16 heavy (non-hydrogen) atoms. The molecule has 0 spiro atoms. The van der Waals surface area contributed by atoms with E-state index in [1.807, 2.05) is 0 Å². The first kappa shape index (κ1) is 10.7. The lowest BCUT2D eigenvalue weighted by atomic mass is 10.1. The largest absolute Gasteiger partial charge is 0.496 e. The molecule has 1 aromatic heterocycles. The SMILES string of the molecule is COc1cccc(F)c1-c1sc(=O)[nH]c1O. The second kappa shape index (κ2) is 3.97. The van der Waals surface area contributed by atoms with Crippen LogP contribution in [0.15, 0.2) is 23.0 Å². The van der Waals surface area contributed by atoms with Crippen LogP contribution in [-0.2, 0) is 0 Å². The van der Waals surface area contributed by atoms with Gasteiger partial charge in [-0.3, -0.25) is 9.78 Å². The van der Waals surface area contributed by atoms with Crippen LogP contribution in [0.3, 0.4) is 0 Å². The number of rotatable bonds is 2. The zero-order valence-electron chi connectivity index (χ0n) is 8.28. The summed E-state index contributed by atoms with van der Waals surface area (Å²) in [5.41, 5.74) is 0.0888. The van der Waals surface area contributed by atoms with Crippen LogP contribution in [0.4, 0.5) is 4.39 Å². The van der Waals surface area contributed by atoms with E-state index in [2.05, 4.69) is 4.98 Å². The molecule has 1 heterocycles. The summed E-state index contributed by atoms with van der Waals surface area (Å²) in [6, 6.07) is 4.29. The van der Waals surface area contributed by atoms with Crippen molar-refractivity contribution in [1.29, 1.82) is 0 Å². The third kappa shape index (κ3) is 1.67. The van der Waals surface area contributed by atoms with E-state index in [-0.39, 0.29) is 22.1 Å². The highest BCUT2D eigenvalue weighted by molar-refractivity contribution is 7.13. The van der Waals surface area contributed by atoms with Gasteiger partial charge in [0.25, 0.3) is 0 Å². The van der Waals surface area contributed by atoms with Gasteiger partial charge >= 0.3 is 4.87 Å². The van der Waals surface area contributed by atoms with Crippen molar-refractivity contribution in [1.82, 2.24) is 4.98 Å². The summed E-state index contributed by atoms with van der Waals surface area (Å²) < 4.78 is 18.6. The van der Waals surface area contributed by atoms with Crippen LogP contribution in [-0.4, -0.2) is 17.2 Å². The van der Waals surface area contributed by atoms with Gasteiger partial charge in [-0.1, -0.05) is 17.4 Å². The number of aromatic nitrogens is 1. The quantitative estimate of drug-likeness (QED) is 0.844. The number of H-pyrrole nitrogens is 1. The molecule has 6 heteroatoms. The first-order valence-electron chi connectivity index (χ1n) is 4.38. The van der Waals surface area contributed by atoms with Gasteiger partial charge in [-0.25, -0.2) is 4.39 Å². The fourth-order valence-electron chi connectivity index (χ4n) is 1.38. The van der Waals surface area contributed by atoms with Gasteiger partial charge < -0.3 is 9.84 Å². The highest BCUT2D eigenvalue weighted by atomic mass is 32.1. The van der Waals surface area contributed by atoms with Crippen molar-refractivity contribution in [2.75, 3.05) is 7.11 Å². The number of aromatic hydroxyl groups is 1. The number of aromatic amines is 1. The van der Waals surface area contributed by atoms with E-state index in [1.165, 1.54) is 19.2 Å². The van der Waals surface area contributed by atoms with Crippen molar-refractivity contribution >= 4 is 11.3 Å². The minimum atomic E-state index is -0.551. The molecule has 2 rings (SSSR count). The van der Waals surface area contributed by atoms with Crippen molar-refractivity contribution in [2.45, 2.75) is 0 Å². The molecule has 1 aromatic carbocycles. The third-order valence-corrected chi connectivity index (χ3v) is 2.94. The second-order valence-electron chi connectivity index (χ2n) is 3.01. The first-order chi connectivity index (χ1) is 7.63. The number of methoxy groups -OCH3 is 1. The molecule has 0 aliphatic heterocycles. The van der Waals surface area contributed by atoms with Crippen molar-refractivity contribution in [2.24, 2.45) is 0 Å². The Balaban J connectivity index is 2.72. The van der Waals surface area contributed by atoms with E-state index in [1.54, 1.807) is 6.07 Å². The molecule has 2 aromatic rings. The molecule has 0 saturated carbocycles. The molecule has 84 valence electrons. The van der Waals surface area contributed by atoms with Crippen molar-refractivity contribution in [3.05, 3.63) is 33.7 Å². The number of hydrogen-bond acceptors (Lipinski definition) is 4. The summed E-state index contributed by atoms with van der Waals surface area (Å²) in [6.45, 7) is 0. The molecule has 0 radical (unpaired) electrons. The van der Waals surface area contributed by atoms with Gasteiger partial charge in [0.15, 0.2) is 0 Å². The summed E-state index contributed by atoms with van der Waals surface area (Å²) in [4.78, 5) is 12.9. The highest BCUT2D eigenvalue weighted by Gasteiger charge is 2.18. The Morgan fingerprint density at radius 2 is 2.25 bits per heavy atom. The molecule has 0 unspecified atom stereocenters. The smallest absolute Gasteiger partial charge is 0.307 e. The van der Waals surface area contributed by atoms with E-state index in [9.17, 15) is 14.3 Å². The average Bonchev–Trinajstić information content (AvgIpc) is 2.57. The Bertz CT molecular complexity index is 576. The van der Waals surface area contributed by atoms with Crippen molar-refractivity contribution in [3.63, 3.8) is 0 Å². The zero-order chi connectivity index (χ0) is 11.7. The van der Waals surface area contributed by atoms with Gasteiger partial charge in [0.05, 0.1) is 12.7 Å². The fraction of sp³-hybridized carbons (Fsp3) is 0.100. The van der Waals surface area contributed by atoms with Crippen LogP contribution in [0.5, 0.6) is 11.6 Å². The van der Waals surface area contributed by atoms with Crippen molar-refractivity contribution < 1.29 is 14.2 Å². The maximum atomic E-state index is 13.6. The number of benzene rings is 1.